The van der Waals surface area contributed by atoms with E-state index in [1.807, 2.05) is 18.5 Å². The monoisotopic (exact) mass is 337 g/mol. The minimum atomic E-state index is -0.0816. The van der Waals surface area contributed by atoms with E-state index in [2.05, 4.69) is 29.2 Å². The molecular formula is C16H24ClN5O. The smallest absolute Gasteiger partial charge is 0.228 e. The van der Waals surface area contributed by atoms with Crippen LogP contribution in [0.4, 0.5) is 11.5 Å². The molecule has 0 unspecified atom stereocenters. The number of amides is 1. The van der Waals surface area contributed by atoms with Crippen LogP contribution in [0.25, 0.3) is 0 Å². The number of anilines is 2. The predicted octanol–water partition coefficient (Wildman–Crippen LogP) is 2.74. The molecule has 126 valence electrons. The lowest BCUT2D eigenvalue weighted by Crippen LogP contribution is -2.16. The highest BCUT2D eigenvalue weighted by Crippen LogP contribution is 2.16. The molecule has 0 saturated heterocycles. The molecule has 0 atom stereocenters. The van der Waals surface area contributed by atoms with E-state index < -0.39 is 0 Å². The first kappa shape index (κ1) is 19.0. The summed E-state index contributed by atoms with van der Waals surface area (Å²) in [5, 5.41) is 7.36. The van der Waals surface area contributed by atoms with E-state index in [1.54, 1.807) is 18.3 Å². The van der Waals surface area contributed by atoms with Crippen LogP contribution in [0.3, 0.4) is 0 Å². The van der Waals surface area contributed by atoms with Crippen LogP contribution < -0.4 is 11.1 Å². The van der Waals surface area contributed by atoms with Gasteiger partial charge < -0.3 is 11.1 Å². The number of aromatic nitrogens is 3. The fraction of sp³-hybridized carbons (Fsp3) is 0.438. The first-order valence-electron chi connectivity index (χ1n) is 7.41. The molecule has 2 rings (SSSR count). The molecule has 0 saturated carbocycles. The molecule has 0 aliphatic rings. The van der Waals surface area contributed by atoms with Crippen LogP contribution in [0.5, 0.6) is 0 Å². The number of carbonyl (C=O) groups excluding carboxylic acids is 1. The molecule has 0 radical (unpaired) electrons. The SMILES string of the molecule is Cc1nn(CC(C)C)c(C)c1CC(=O)Nc1ccc(N)nc1.Cl. The summed E-state index contributed by atoms with van der Waals surface area (Å²) in [6, 6.07) is 3.40. The van der Waals surface area contributed by atoms with Crippen LogP contribution in [0.1, 0.15) is 30.8 Å². The lowest BCUT2D eigenvalue weighted by atomic mass is 10.1. The Hall–Kier alpha value is -2.08. The second-order valence-corrected chi connectivity index (χ2v) is 5.92. The Morgan fingerprint density at radius 2 is 2.04 bits per heavy atom. The van der Waals surface area contributed by atoms with Gasteiger partial charge in [0, 0.05) is 17.8 Å². The quantitative estimate of drug-likeness (QED) is 0.878. The van der Waals surface area contributed by atoms with Crippen LogP contribution in [0.15, 0.2) is 18.3 Å². The van der Waals surface area contributed by atoms with E-state index in [-0.39, 0.29) is 18.3 Å². The molecule has 0 aromatic carbocycles. The number of halogens is 1. The molecule has 23 heavy (non-hydrogen) atoms. The topological polar surface area (TPSA) is 85.8 Å². The summed E-state index contributed by atoms with van der Waals surface area (Å²) in [7, 11) is 0. The van der Waals surface area contributed by atoms with Gasteiger partial charge in [-0.1, -0.05) is 13.8 Å². The van der Waals surface area contributed by atoms with Gasteiger partial charge in [-0.25, -0.2) is 4.98 Å². The van der Waals surface area contributed by atoms with Crippen LogP contribution in [-0.2, 0) is 17.8 Å². The fourth-order valence-corrected chi connectivity index (χ4v) is 2.36. The molecule has 7 heteroatoms. The summed E-state index contributed by atoms with van der Waals surface area (Å²) < 4.78 is 1.98. The summed E-state index contributed by atoms with van der Waals surface area (Å²) >= 11 is 0. The van der Waals surface area contributed by atoms with Gasteiger partial charge in [0.25, 0.3) is 0 Å². The minimum absolute atomic E-state index is 0. The normalized spacial score (nSPS) is 10.5. The third-order valence-corrected chi connectivity index (χ3v) is 3.48. The molecule has 3 N–H and O–H groups in total. The summed E-state index contributed by atoms with van der Waals surface area (Å²) in [4.78, 5) is 16.2. The molecule has 0 bridgehead atoms. The molecule has 0 spiro atoms. The van der Waals surface area contributed by atoms with Crippen molar-refractivity contribution in [3.05, 3.63) is 35.3 Å². The Balaban J connectivity index is 0.00000264. The summed E-state index contributed by atoms with van der Waals surface area (Å²) in [6.45, 7) is 9.11. The van der Waals surface area contributed by atoms with Crippen LogP contribution in [0.2, 0.25) is 0 Å². The highest BCUT2D eigenvalue weighted by molar-refractivity contribution is 5.92. The van der Waals surface area contributed by atoms with E-state index >= 15 is 0 Å². The molecule has 2 heterocycles. The van der Waals surface area contributed by atoms with Gasteiger partial charge >= 0.3 is 0 Å². The highest BCUT2D eigenvalue weighted by atomic mass is 35.5. The summed E-state index contributed by atoms with van der Waals surface area (Å²) in [5.41, 5.74) is 9.12. The maximum atomic E-state index is 12.2. The maximum Gasteiger partial charge on any atom is 0.228 e. The average Bonchev–Trinajstić information content (AvgIpc) is 2.68. The number of nitrogen functional groups attached to an aromatic ring is 1. The Morgan fingerprint density at radius 1 is 1.35 bits per heavy atom. The zero-order valence-electron chi connectivity index (χ0n) is 14.0. The highest BCUT2D eigenvalue weighted by Gasteiger charge is 2.15. The van der Waals surface area contributed by atoms with Gasteiger partial charge in [0.2, 0.25) is 5.91 Å². The molecular weight excluding hydrogens is 314 g/mol. The first-order chi connectivity index (χ1) is 10.4. The van der Waals surface area contributed by atoms with Crippen LogP contribution in [0, 0.1) is 19.8 Å². The van der Waals surface area contributed by atoms with E-state index in [1.165, 1.54) is 0 Å². The van der Waals surface area contributed by atoms with Crippen LogP contribution >= 0.6 is 12.4 Å². The third-order valence-electron chi connectivity index (χ3n) is 3.48. The zero-order chi connectivity index (χ0) is 16.3. The van der Waals surface area contributed by atoms with Crippen molar-refractivity contribution in [3.8, 4) is 0 Å². The third kappa shape index (κ3) is 4.96. The predicted molar refractivity (Wildman–Crippen MR) is 94.8 cm³/mol. The van der Waals surface area contributed by atoms with Crippen molar-refractivity contribution in [2.24, 2.45) is 5.92 Å². The number of nitrogens with zero attached hydrogens (tertiary/aromatic N) is 3. The average molecular weight is 338 g/mol. The van der Waals surface area contributed by atoms with Gasteiger partial charge in [-0.05, 0) is 31.9 Å². The number of nitrogens with one attached hydrogen (secondary N) is 1. The lowest BCUT2D eigenvalue weighted by Gasteiger charge is -2.08. The van der Waals surface area contributed by atoms with Crippen molar-refractivity contribution in [2.75, 3.05) is 11.1 Å². The van der Waals surface area contributed by atoms with Crippen molar-refractivity contribution in [1.82, 2.24) is 14.8 Å². The van der Waals surface area contributed by atoms with Crippen molar-refractivity contribution in [2.45, 2.75) is 40.7 Å². The number of nitrogens with two attached hydrogens (primary N) is 1. The maximum absolute atomic E-state index is 12.2. The van der Waals surface area contributed by atoms with Crippen molar-refractivity contribution in [1.29, 1.82) is 0 Å². The Morgan fingerprint density at radius 3 is 2.61 bits per heavy atom. The molecule has 2 aromatic heterocycles. The Bertz CT molecular complexity index is 664. The molecule has 0 aliphatic heterocycles. The van der Waals surface area contributed by atoms with Crippen molar-refractivity contribution in [3.63, 3.8) is 0 Å². The second kappa shape index (κ2) is 7.97. The molecule has 6 nitrogen and oxygen atoms in total. The first-order valence-corrected chi connectivity index (χ1v) is 7.41. The van der Waals surface area contributed by atoms with Gasteiger partial charge in [-0.3, -0.25) is 9.48 Å². The van der Waals surface area contributed by atoms with Crippen molar-refractivity contribution >= 4 is 29.8 Å². The Labute approximate surface area is 142 Å². The number of hydrogen-bond acceptors (Lipinski definition) is 4. The molecule has 2 aromatic rings. The molecule has 0 aliphatic carbocycles. The van der Waals surface area contributed by atoms with Gasteiger partial charge in [-0.15, -0.1) is 12.4 Å². The standard InChI is InChI=1S/C16H23N5O.ClH/c1-10(2)9-21-12(4)14(11(3)20-21)7-16(22)19-13-5-6-15(17)18-8-13;/h5-6,8,10H,7,9H2,1-4H3,(H2,17,18)(H,19,22);1H. The number of aryl methyl sites for hydroxylation is 1. The number of rotatable bonds is 5. The van der Waals surface area contributed by atoms with E-state index in [4.69, 9.17) is 5.73 Å². The number of hydrogen-bond donors (Lipinski definition) is 2. The van der Waals surface area contributed by atoms with E-state index in [0.717, 1.165) is 23.5 Å². The Kier molecular flexibility index (Phi) is 6.57. The van der Waals surface area contributed by atoms with Gasteiger partial charge in [0.1, 0.15) is 5.82 Å². The second-order valence-electron chi connectivity index (χ2n) is 5.92. The van der Waals surface area contributed by atoms with Crippen LogP contribution in [-0.4, -0.2) is 20.7 Å². The zero-order valence-corrected chi connectivity index (χ0v) is 14.8. The molecule has 1 amide bonds. The number of carbonyl (C=O) groups is 1. The number of pyridine rings is 1. The summed E-state index contributed by atoms with van der Waals surface area (Å²) in [6.07, 6.45) is 1.86. The largest absolute Gasteiger partial charge is 0.384 e. The summed E-state index contributed by atoms with van der Waals surface area (Å²) in [5.74, 6) is 0.863. The van der Waals surface area contributed by atoms with Gasteiger partial charge in [-0.2, -0.15) is 5.10 Å². The van der Waals surface area contributed by atoms with Gasteiger partial charge in [0.05, 0.1) is 24.0 Å². The van der Waals surface area contributed by atoms with E-state index in [9.17, 15) is 4.79 Å². The lowest BCUT2D eigenvalue weighted by molar-refractivity contribution is -0.115. The van der Waals surface area contributed by atoms with Crippen molar-refractivity contribution < 1.29 is 4.79 Å². The molecule has 0 fully saturated rings. The fourth-order valence-electron chi connectivity index (χ4n) is 2.36. The van der Waals surface area contributed by atoms with E-state index in [0.29, 0.717) is 23.8 Å². The van der Waals surface area contributed by atoms with Gasteiger partial charge in [0.15, 0.2) is 0 Å². The minimum Gasteiger partial charge on any atom is -0.384 e.